The summed E-state index contributed by atoms with van der Waals surface area (Å²) in [5.41, 5.74) is 0.711. The smallest absolute Gasteiger partial charge is 0.185 e. The Balaban J connectivity index is 1.39. The van der Waals surface area contributed by atoms with Crippen molar-refractivity contribution < 1.29 is 29.2 Å². The van der Waals surface area contributed by atoms with Gasteiger partial charge in [0.1, 0.15) is 0 Å². The van der Waals surface area contributed by atoms with Gasteiger partial charge in [-0.2, -0.15) is 0 Å². The van der Waals surface area contributed by atoms with Crippen molar-refractivity contribution in [1.82, 2.24) is 0 Å². The fraction of sp³-hybridized carbons (Fsp3) is 0.667. The van der Waals surface area contributed by atoms with Gasteiger partial charge in [-0.15, -0.1) is 0 Å². The van der Waals surface area contributed by atoms with Crippen LogP contribution in [0.1, 0.15) is 52.4 Å². The molecule has 0 aromatic rings. The molecular formula is C33H49NO6. The number of fused-ring (bicyclic) bond motifs is 1. The van der Waals surface area contributed by atoms with Crippen molar-refractivity contribution in [2.24, 2.45) is 28.6 Å². The van der Waals surface area contributed by atoms with Crippen LogP contribution < -0.4 is 0 Å². The van der Waals surface area contributed by atoms with Crippen molar-refractivity contribution in [3.05, 3.63) is 59.8 Å². The molecule has 222 valence electrons. The molecule has 0 aromatic carbocycles. The summed E-state index contributed by atoms with van der Waals surface area (Å²) in [6.45, 7) is 5.74. The quantitative estimate of drug-likeness (QED) is 0.241. The second kappa shape index (κ2) is 14.9. The number of nitrogens with one attached hydrogen (secondary N) is 1. The van der Waals surface area contributed by atoms with Crippen LogP contribution in [0.15, 0.2) is 59.8 Å². The number of aliphatic hydroxyl groups excluding tert-OH is 2. The van der Waals surface area contributed by atoms with E-state index in [1.54, 1.807) is 0 Å². The number of allylic oxidation sites excluding steroid dienone is 7. The molecule has 2 aliphatic carbocycles. The van der Waals surface area contributed by atoms with E-state index >= 15 is 0 Å². The van der Waals surface area contributed by atoms with Gasteiger partial charge < -0.3 is 34.6 Å². The number of hydrogen-bond donors (Lipinski definition) is 3. The van der Waals surface area contributed by atoms with E-state index in [0.717, 1.165) is 32.1 Å². The van der Waals surface area contributed by atoms with E-state index < -0.39 is 17.1 Å². The first-order valence-electron chi connectivity index (χ1n) is 15.0. The Kier molecular flexibility index (Phi) is 11.5. The van der Waals surface area contributed by atoms with Crippen molar-refractivity contribution in [1.29, 1.82) is 5.41 Å². The van der Waals surface area contributed by atoms with Crippen LogP contribution in [0.25, 0.3) is 0 Å². The Bertz CT molecular complexity index is 975. The highest BCUT2D eigenvalue weighted by Crippen LogP contribution is 2.47. The van der Waals surface area contributed by atoms with Crippen molar-refractivity contribution >= 4 is 6.21 Å². The molecule has 0 aromatic heterocycles. The molecule has 3 fully saturated rings. The van der Waals surface area contributed by atoms with Crippen LogP contribution in [-0.2, 0) is 18.9 Å². The summed E-state index contributed by atoms with van der Waals surface area (Å²) in [4.78, 5) is 0. The molecule has 7 heteroatoms. The second-order valence-electron chi connectivity index (χ2n) is 12.4. The number of rotatable bonds is 11. The normalized spacial score (nSPS) is 40.0. The van der Waals surface area contributed by atoms with E-state index in [0.29, 0.717) is 36.5 Å². The van der Waals surface area contributed by atoms with E-state index in [4.69, 9.17) is 24.4 Å². The van der Waals surface area contributed by atoms with E-state index in [1.165, 1.54) is 18.2 Å². The average Bonchev–Trinajstić information content (AvgIpc) is 3.35. The van der Waals surface area contributed by atoms with Gasteiger partial charge in [0.15, 0.2) is 6.29 Å². The molecule has 5 atom stereocenters. The second-order valence-corrected chi connectivity index (χ2v) is 12.4. The molecule has 2 saturated heterocycles. The number of ether oxygens (including phenoxy) is 4. The van der Waals surface area contributed by atoms with Crippen molar-refractivity contribution in [3.63, 3.8) is 0 Å². The first kappa shape index (κ1) is 31.1. The molecule has 5 unspecified atom stereocenters. The minimum Gasteiger partial charge on any atom is -0.396 e. The summed E-state index contributed by atoms with van der Waals surface area (Å²) in [7, 11) is 0. The Morgan fingerprint density at radius 3 is 2.55 bits per heavy atom. The fourth-order valence-corrected chi connectivity index (χ4v) is 6.50. The van der Waals surface area contributed by atoms with Gasteiger partial charge in [0.2, 0.25) is 0 Å². The first-order valence-corrected chi connectivity index (χ1v) is 15.0. The van der Waals surface area contributed by atoms with E-state index in [-0.39, 0.29) is 39.1 Å². The van der Waals surface area contributed by atoms with Gasteiger partial charge in [-0.1, -0.05) is 75.3 Å². The molecule has 2 aliphatic heterocycles. The third-order valence-corrected chi connectivity index (χ3v) is 8.89. The third kappa shape index (κ3) is 7.69. The minimum absolute atomic E-state index is 0.00304. The van der Waals surface area contributed by atoms with E-state index in [9.17, 15) is 10.2 Å². The van der Waals surface area contributed by atoms with Crippen molar-refractivity contribution in [2.75, 3.05) is 46.2 Å². The Labute approximate surface area is 240 Å². The third-order valence-electron chi connectivity index (χ3n) is 8.89. The Morgan fingerprint density at radius 2 is 1.82 bits per heavy atom. The van der Waals surface area contributed by atoms with Crippen LogP contribution in [-0.4, -0.2) is 75.1 Å². The van der Waals surface area contributed by atoms with Gasteiger partial charge in [0.05, 0.1) is 57.8 Å². The van der Waals surface area contributed by atoms with Crippen LogP contribution >= 0.6 is 0 Å². The summed E-state index contributed by atoms with van der Waals surface area (Å²) in [6, 6.07) is 0. The van der Waals surface area contributed by atoms with Gasteiger partial charge >= 0.3 is 0 Å². The molecule has 0 bridgehead atoms. The zero-order chi connectivity index (χ0) is 28.4. The van der Waals surface area contributed by atoms with Crippen molar-refractivity contribution in [2.45, 2.75) is 64.8 Å². The lowest BCUT2D eigenvalue weighted by atomic mass is 9.76. The lowest BCUT2D eigenvalue weighted by molar-refractivity contribution is -0.232. The maximum atomic E-state index is 10.6. The average molecular weight is 556 g/mol. The topological polar surface area (TPSA) is 101 Å². The maximum Gasteiger partial charge on any atom is 0.185 e. The monoisotopic (exact) mass is 555 g/mol. The highest BCUT2D eigenvalue weighted by molar-refractivity contribution is 5.77. The van der Waals surface area contributed by atoms with Gasteiger partial charge in [0.25, 0.3) is 0 Å². The Morgan fingerprint density at radius 1 is 1.07 bits per heavy atom. The zero-order valence-electron chi connectivity index (χ0n) is 24.3. The van der Waals surface area contributed by atoms with Crippen molar-refractivity contribution in [3.8, 4) is 0 Å². The number of hydrogen-bond acceptors (Lipinski definition) is 7. The summed E-state index contributed by atoms with van der Waals surface area (Å²) in [5.74, 6) is 1.39. The lowest BCUT2D eigenvalue weighted by Crippen LogP contribution is -2.49. The summed E-state index contributed by atoms with van der Waals surface area (Å²) < 4.78 is 24.8. The summed E-state index contributed by atoms with van der Waals surface area (Å²) in [5, 5.41) is 28.6. The van der Waals surface area contributed by atoms with E-state index in [1.807, 2.05) is 18.2 Å². The summed E-state index contributed by atoms with van der Waals surface area (Å²) >= 11 is 0. The SMILES string of the molecule is CC/C=C\C=C(/C=N)C1OCC(CO)(COCC2(CO)COC(C3=C/C(C)C/C=C/C=C\3)C3CCCC3C2)CO1. The van der Waals surface area contributed by atoms with E-state index in [2.05, 4.69) is 44.2 Å². The molecule has 0 amide bonds. The molecule has 7 nitrogen and oxygen atoms in total. The molecule has 0 radical (unpaired) electrons. The summed E-state index contributed by atoms with van der Waals surface area (Å²) in [6.07, 6.45) is 23.7. The van der Waals surface area contributed by atoms with Crippen LogP contribution in [0.4, 0.5) is 0 Å². The van der Waals surface area contributed by atoms with Crippen LogP contribution in [0.3, 0.4) is 0 Å². The fourth-order valence-electron chi connectivity index (χ4n) is 6.50. The molecule has 1 saturated carbocycles. The van der Waals surface area contributed by atoms with Gasteiger partial charge in [-0.3, -0.25) is 0 Å². The largest absolute Gasteiger partial charge is 0.396 e. The van der Waals surface area contributed by atoms with Gasteiger partial charge in [-0.25, -0.2) is 0 Å². The van der Waals surface area contributed by atoms with Crippen LogP contribution in [0.5, 0.6) is 0 Å². The molecule has 4 aliphatic rings. The Hall–Kier alpha value is -1.87. The molecule has 40 heavy (non-hydrogen) atoms. The first-order chi connectivity index (χ1) is 19.5. The molecular weight excluding hydrogens is 506 g/mol. The molecule has 4 rings (SSSR count). The van der Waals surface area contributed by atoms with Gasteiger partial charge in [0, 0.05) is 17.2 Å². The highest BCUT2D eigenvalue weighted by atomic mass is 16.7. The standard InChI is InChI=1S/C33H49NO6/c1-3-4-6-12-28(17-34)31-39-23-33(19-36,24-40-31)21-37-20-32(18-35)16-27-13-9-14-29(27)30(38-22-32)26-11-8-5-7-10-25(2)15-26/h4-8,11-12,15,17,25,27,29-31,34-36H,3,9-10,13-14,16,18-24H2,1-2H3/b6-4-,7-5+,11-8-,26-15+,28-12+,34-17?. The van der Waals surface area contributed by atoms with Crippen LogP contribution in [0.2, 0.25) is 0 Å². The highest BCUT2D eigenvalue weighted by Gasteiger charge is 2.46. The predicted molar refractivity (Wildman–Crippen MR) is 157 cm³/mol. The maximum absolute atomic E-state index is 10.6. The molecule has 2 heterocycles. The van der Waals surface area contributed by atoms with Gasteiger partial charge in [-0.05, 0) is 49.0 Å². The number of aliphatic hydroxyl groups is 2. The zero-order valence-corrected chi connectivity index (χ0v) is 24.3. The minimum atomic E-state index is -0.693. The van der Waals surface area contributed by atoms with Crippen LogP contribution in [0, 0.1) is 34.0 Å². The lowest BCUT2D eigenvalue weighted by Gasteiger charge is -2.40. The molecule has 0 spiro atoms. The predicted octanol–water partition coefficient (Wildman–Crippen LogP) is 5.16. The molecule has 3 N–H and O–H groups in total.